The van der Waals surface area contributed by atoms with Crippen LogP contribution in [0.3, 0.4) is 0 Å². The van der Waals surface area contributed by atoms with Gasteiger partial charge in [0.15, 0.2) is 0 Å². The Kier molecular flexibility index (Phi) is 5.29. The first-order valence-corrected chi connectivity index (χ1v) is 5.48. The average Bonchev–Trinajstić information content (AvgIpc) is 2.30. The summed E-state index contributed by atoms with van der Waals surface area (Å²) in [6, 6.07) is 4.38. The van der Waals surface area contributed by atoms with E-state index in [1.165, 1.54) is 18.2 Å². The number of aromatic carboxylic acids is 1. The molecular weight excluding hydrogens is 222 g/mol. The second kappa shape index (κ2) is 6.75. The first-order valence-electron chi connectivity index (χ1n) is 5.48. The van der Waals surface area contributed by atoms with E-state index in [-0.39, 0.29) is 5.56 Å². The molecule has 3 N–H and O–H groups in total. The van der Waals surface area contributed by atoms with E-state index in [1.807, 2.05) is 6.92 Å². The first-order chi connectivity index (χ1) is 8.15. The Morgan fingerprint density at radius 1 is 1.35 bits per heavy atom. The summed E-state index contributed by atoms with van der Waals surface area (Å²) in [4.78, 5) is 10.8. The van der Waals surface area contributed by atoms with Crippen LogP contribution < -0.4 is 10.5 Å². The van der Waals surface area contributed by atoms with Crippen molar-refractivity contribution in [3.05, 3.63) is 23.8 Å². The highest BCUT2D eigenvalue weighted by Gasteiger charge is 2.07. The quantitative estimate of drug-likeness (QED) is 0.559. The standard InChI is InChI=1S/C12H17NO4/c1-2-5-16-6-7-17-11-8-9(12(14)15)3-4-10(11)13/h3-4,8H,2,5-7,13H2,1H3,(H,14,15). The van der Waals surface area contributed by atoms with Crippen LogP contribution in [0.1, 0.15) is 23.7 Å². The van der Waals surface area contributed by atoms with E-state index in [0.29, 0.717) is 31.3 Å². The van der Waals surface area contributed by atoms with Gasteiger partial charge in [0, 0.05) is 6.61 Å². The lowest BCUT2D eigenvalue weighted by Crippen LogP contribution is -2.09. The monoisotopic (exact) mass is 239 g/mol. The lowest BCUT2D eigenvalue weighted by atomic mass is 10.2. The molecule has 0 saturated carbocycles. The molecule has 94 valence electrons. The number of anilines is 1. The molecule has 0 spiro atoms. The van der Waals surface area contributed by atoms with Crippen molar-refractivity contribution in [1.29, 1.82) is 0 Å². The lowest BCUT2D eigenvalue weighted by Gasteiger charge is -2.09. The molecule has 17 heavy (non-hydrogen) atoms. The van der Waals surface area contributed by atoms with Gasteiger partial charge in [-0.3, -0.25) is 0 Å². The van der Waals surface area contributed by atoms with Crippen LogP contribution in [0.2, 0.25) is 0 Å². The Morgan fingerprint density at radius 3 is 2.76 bits per heavy atom. The summed E-state index contributed by atoms with van der Waals surface area (Å²) in [5, 5.41) is 8.82. The van der Waals surface area contributed by atoms with Gasteiger partial charge in [-0.25, -0.2) is 4.79 Å². The molecule has 0 aliphatic heterocycles. The number of carbonyl (C=O) groups is 1. The molecule has 0 saturated heterocycles. The van der Waals surface area contributed by atoms with Crippen molar-refractivity contribution >= 4 is 11.7 Å². The molecule has 0 heterocycles. The number of nitrogen functional groups attached to an aromatic ring is 1. The summed E-state index contributed by atoms with van der Waals surface area (Å²) in [6.45, 7) is 3.53. The van der Waals surface area contributed by atoms with Crippen LogP contribution in [0.5, 0.6) is 5.75 Å². The zero-order valence-electron chi connectivity index (χ0n) is 9.81. The van der Waals surface area contributed by atoms with Crippen molar-refractivity contribution in [3.63, 3.8) is 0 Å². The molecule has 0 atom stereocenters. The average molecular weight is 239 g/mol. The number of carboxylic acids is 1. The van der Waals surface area contributed by atoms with Gasteiger partial charge in [-0.05, 0) is 24.6 Å². The van der Waals surface area contributed by atoms with Crippen LogP contribution in [0.25, 0.3) is 0 Å². The summed E-state index contributed by atoms with van der Waals surface area (Å²) in [5.74, 6) is -0.623. The highest BCUT2D eigenvalue weighted by Crippen LogP contribution is 2.22. The van der Waals surface area contributed by atoms with Crippen LogP contribution in [0, 0.1) is 0 Å². The second-order valence-electron chi connectivity index (χ2n) is 3.52. The summed E-state index contributed by atoms with van der Waals surface area (Å²) >= 11 is 0. The summed E-state index contributed by atoms with van der Waals surface area (Å²) in [6.07, 6.45) is 0.955. The number of benzene rings is 1. The van der Waals surface area contributed by atoms with Crippen LogP contribution >= 0.6 is 0 Å². The van der Waals surface area contributed by atoms with E-state index >= 15 is 0 Å². The van der Waals surface area contributed by atoms with Crippen LogP contribution in [-0.2, 0) is 4.74 Å². The minimum atomic E-state index is -1.00. The number of hydrogen-bond donors (Lipinski definition) is 2. The summed E-state index contributed by atoms with van der Waals surface area (Å²) in [7, 11) is 0. The van der Waals surface area contributed by atoms with Gasteiger partial charge < -0.3 is 20.3 Å². The molecule has 0 fully saturated rings. The van der Waals surface area contributed by atoms with Crippen molar-refractivity contribution in [2.75, 3.05) is 25.6 Å². The van der Waals surface area contributed by atoms with Crippen molar-refractivity contribution in [3.8, 4) is 5.75 Å². The molecule has 0 amide bonds. The van der Waals surface area contributed by atoms with E-state index in [4.69, 9.17) is 20.3 Å². The molecule has 0 bridgehead atoms. The summed E-state index contributed by atoms with van der Waals surface area (Å²) < 4.78 is 10.6. The number of nitrogens with two attached hydrogens (primary N) is 1. The lowest BCUT2D eigenvalue weighted by molar-refractivity contribution is 0.0696. The van der Waals surface area contributed by atoms with E-state index in [2.05, 4.69) is 0 Å². The Labute approximate surface area is 100 Å². The van der Waals surface area contributed by atoms with E-state index in [0.717, 1.165) is 6.42 Å². The topological polar surface area (TPSA) is 81.8 Å². The Balaban J connectivity index is 2.51. The van der Waals surface area contributed by atoms with Gasteiger partial charge >= 0.3 is 5.97 Å². The van der Waals surface area contributed by atoms with Crippen molar-refractivity contribution in [1.82, 2.24) is 0 Å². The van der Waals surface area contributed by atoms with Gasteiger partial charge in [0.25, 0.3) is 0 Å². The predicted octanol–water partition coefficient (Wildman–Crippen LogP) is 1.77. The third-order valence-electron chi connectivity index (χ3n) is 2.09. The summed E-state index contributed by atoms with van der Waals surface area (Å²) in [5.41, 5.74) is 6.25. The fourth-order valence-electron chi connectivity index (χ4n) is 1.25. The third kappa shape index (κ3) is 4.32. The Morgan fingerprint density at radius 2 is 2.12 bits per heavy atom. The number of rotatable bonds is 7. The van der Waals surface area contributed by atoms with Gasteiger partial charge in [-0.15, -0.1) is 0 Å². The smallest absolute Gasteiger partial charge is 0.335 e. The van der Waals surface area contributed by atoms with Gasteiger partial charge in [0.05, 0.1) is 17.9 Å². The molecule has 0 radical (unpaired) electrons. The minimum absolute atomic E-state index is 0.156. The second-order valence-corrected chi connectivity index (χ2v) is 3.52. The largest absolute Gasteiger partial charge is 0.489 e. The molecule has 0 aliphatic carbocycles. The fraction of sp³-hybridized carbons (Fsp3) is 0.417. The van der Waals surface area contributed by atoms with Gasteiger partial charge in [0.1, 0.15) is 12.4 Å². The molecule has 1 rings (SSSR count). The van der Waals surface area contributed by atoms with Gasteiger partial charge in [-0.2, -0.15) is 0 Å². The predicted molar refractivity (Wildman–Crippen MR) is 64.4 cm³/mol. The van der Waals surface area contributed by atoms with Crippen molar-refractivity contribution < 1.29 is 19.4 Å². The maximum atomic E-state index is 10.8. The maximum Gasteiger partial charge on any atom is 0.335 e. The van der Waals surface area contributed by atoms with Gasteiger partial charge in [0.2, 0.25) is 0 Å². The third-order valence-corrected chi connectivity index (χ3v) is 2.09. The van der Waals surface area contributed by atoms with E-state index < -0.39 is 5.97 Å². The SMILES string of the molecule is CCCOCCOc1cc(C(=O)O)ccc1N. The molecule has 5 nitrogen and oxygen atoms in total. The molecular formula is C12H17NO4. The number of ether oxygens (including phenoxy) is 2. The molecule has 0 unspecified atom stereocenters. The molecule has 0 aliphatic rings. The number of hydrogen-bond acceptors (Lipinski definition) is 4. The van der Waals surface area contributed by atoms with Crippen LogP contribution in [-0.4, -0.2) is 30.9 Å². The number of carboxylic acid groups (broad SMARTS) is 1. The highest BCUT2D eigenvalue weighted by atomic mass is 16.5. The van der Waals surface area contributed by atoms with Gasteiger partial charge in [-0.1, -0.05) is 6.92 Å². The van der Waals surface area contributed by atoms with E-state index in [1.54, 1.807) is 0 Å². The van der Waals surface area contributed by atoms with Crippen LogP contribution in [0.4, 0.5) is 5.69 Å². The molecule has 1 aromatic carbocycles. The first kappa shape index (κ1) is 13.3. The minimum Gasteiger partial charge on any atom is -0.489 e. The molecule has 0 aromatic heterocycles. The highest BCUT2D eigenvalue weighted by molar-refractivity contribution is 5.89. The zero-order valence-corrected chi connectivity index (χ0v) is 9.81. The van der Waals surface area contributed by atoms with E-state index in [9.17, 15) is 4.79 Å². The normalized spacial score (nSPS) is 10.2. The molecule has 5 heteroatoms. The zero-order chi connectivity index (χ0) is 12.7. The molecule has 1 aromatic rings. The van der Waals surface area contributed by atoms with Crippen molar-refractivity contribution in [2.45, 2.75) is 13.3 Å². The van der Waals surface area contributed by atoms with Crippen molar-refractivity contribution in [2.24, 2.45) is 0 Å². The van der Waals surface area contributed by atoms with Crippen LogP contribution in [0.15, 0.2) is 18.2 Å². The Hall–Kier alpha value is -1.75. The Bertz CT molecular complexity index is 379. The fourth-order valence-corrected chi connectivity index (χ4v) is 1.25. The maximum absolute atomic E-state index is 10.8.